The van der Waals surface area contributed by atoms with Gasteiger partial charge in [0.2, 0.25) is 0 Å². The van der Waals surface area contributed by atoms with Crippen molar-refractivity contribution in [2.45, 2.75) is 87.5 Å². The minimum atomic E-state index is 0.733. The Morgan fingerprint density at radius 3 is 1.83 bits per heavy atom. The van der Waals surface area contributed by atoms with E-state index in [9.17, 15) is 0 Å². The van der Waals surface area contributed by atoms with Crippen LogP contribution in [0.4, 0.5) is 0 Å². The van der Waals surface area contributed by atoms with Gasteiger partial charge in [-0.2, -0.15) is 0 Å². The van der Waals surface area contributed by atoms with Gasteiger partial charge in [-0.25, -0.2) is 0 Å². The molecule has 0 heterocycles. The summed E-state index contributed by atoms with van der Waals surface area (Å²) in [5.41, 5.74) is 4.58. The van der Waals surface area contributed by atoms with E-state index in [1.165, 1.54) is 43.3 Å². The molecule has 0 nitrogen and oxygen atoms in total. The van der Waals surface area contributed by atoms with Crippen LogP contribution in [0.2, 0.25) is 0 Å². The van der Waals surface area contributed by atoms with Crippen LogP contribution >= 0.6 is 0 Å². The molecule has 0 saturated heterocycles. The van der Waals surface area contributed by atoms with E-state index in [-0.39, 0.29) is 0 Å². The van der Waals surface area contributed by atoms with Crippen molar-refractivity contribution in [1.29, 1.82) is 0 Å². The molecule has 0 radical (unpaired) electrons. The van der Waals surface area contributed by atoms with E-state index < -0.39 is 0 Å². The summed E-state index contributed by atoms with van der Waals surface area (Å²) in [5.74, 6) is 0.733. The second kappa shape index (κ2) is 12.9. The molecule has 0 amide bonds. The Bertz CT molecular complexity index is 237. The fourth-order valence-electron chi connectivity index (χ4n) is 1.30. The fraction of sp³-hybridized carbons (Fsp3) is 0.778. The lowest BCUT2D eigenvalue weighted by atomic mass is 10.0. The molecule has 0 N–H and O–H groups in total. The first-order chi connectivity index (χ1) is 8.36. The van der Waals surface area contributed by atoms with E-state index in [1.807, 2.05) is 0 Å². The Balaban J connectivity index is 0. The maximum absolute atomic E-state index is 2.34. The van der Waals surface area contributed by atoms with E-state index in [1.54, 1.807) is 5.57 Å². The predicted octanol–water partition coefficient (Wildman–Crippen LogP) is 6.92. The number of hydrogen-bond donors (Lipinski definition) is 0. The van der Waals surface area contributed by atoms with Crippen LogP contribution in [-0.4, -0.2) is 0 Å². The highest BCUT2D eigenvalue weighted by atomic mass is 14.0. The molecule has 0 aromatic heterocycles. The normalized spacial score (nSPS) is 11.1. The van der Waals surface area contributed by atoms with Crippen LogP contribution in [-0.2, 0) is 0 Å². The topological polar surface area (TPSA) is 0 Å². The predicted molar refractivity (Wildman–Crippen MR) is 87.1 cm³/mol. The molecule has 0 bridgehead atoms. The molecule has 0 aliphatic heterocycles. The van der Waals surface area contributed by atoms with Gasteiger partial charge in [-0.1, -0.05) is 63.3 Å². The summed E-state index contributed by atoms with van der Waals surface area (Å²) in [5, 5.41) is 0. The third-order valence-corrected chi connectivity index (χ3v) is 3.42. The molecular weight excluding hydrogens is 216 g/mol. The van der Waals surface area contributed by atoms with Crippen LogP contribution in [0.5, 0.6) is 0 Å². The second-order valence-electron chi connectivity index (χ2n) is 5.78. The van der Waals surface area contributed by atoms with Crippen molar-refractivity contribution in [2.75, 3.05) is 0 Å². The van der Waals surface area contributed by atoms with Crippen molar-refractivity contribution >= 4 is 0 Å². The SMILES string of the molecule is CCC/C=C(/C)C(C)C.CCCCC(C)=C(C)C. The summed E-state index contributed by atoms with van der Waals surface area (Å²) >= 11 is 0. The quantitative estimate of drug-likeness (QED) is 0.450. The number of unbranched alkanes of at least 4 members (excludes halogenated alkanes) is 2. The molecule has 0 aromatic carbocycles. The zero-order valence-electron chi connectivity index (χ0n) is 14.2. The molecule has 0 unspecified atom stereocenters. The Morgan fingerprint density at radius 1 is 0.944 bits per heavy atom. The monoisotopic (exact) mass is 252 g/mol. The highest BCUT2D eigenvalue weighted by Crippen LogP contribution is 2.10. The Labute approximate surface area is 117 Å². The maximum atomic E-state index is 2.34. The summed E-state index contributed by atoms with van der Waals surface area (Å²) in [4.78, 5) is 0. The Hall–Kier alpha value is -0.520. The van der Waals surface area contributed by atoms with Crippen LogP contribution in [0, 0.1) is 5.92 Å². The molecule has 0 rings (SSSR count). The minimum Gasteiger partial charge on any atom is -0.0854 e. The summed E-state index contributed by atoms with van der Waals surface area (Å²) < 4.78 is 0. The van der Waals surface area contributed by atoms with Gasteiger partial charge in [0.15, 0.2) is 0 Å². The van der Waals surface area contributed by atoms with Crippen LogP contribution in [0.25, 0.3) is 0 Å². The number of hydrogen-bond acceptors (Lipinski definition) is 0. The zero-order valence-corrected chi connectivity index (χ0v) is 14.2. The molecule has 0 fully saturated rings. The lowest BCUT2D eigenvalue weighted by molar-refractivity contribution is 0.757. The third-order valence-electron chi connectivity index (χ3n) is 3.42. The summed E-state index contributed by atoms with van der Waals surface area (Å²) in [6.45, 7) is 17.7. The molecule has 0 aliphatic rings. The molecule has 108 valence electrons. The summed E-state index contributed by atoms with van der Waals surface area (Å²) in [6, 6.07) is 0. The lowest BCUT2D eigenvalue weighted by Crippen LogP contribution is -1.87. The smallest absolute Gasteiger partial charge is 0.0263 e. The highest BCUT2D eigenvalue weighted by Gasteiger charge is 1.92. The van der Waals surface area contributed by atoms with Crippen LogP contribution in [0.1, 0.15) is 87.5 Å². The van der Waals surface area contributed by atoms with Crippen molar-refractivity contribution in [3.05, 3.63) is 22.8 Å². The van der Waals surface area contributed by atoms with Crippen molar-refractivity contribution in [1.82, 2.24) is 0 Å². The molecule has 0 aromatic rings. The van der Waals surface area contributed by atoms with Gasteiger partial charge in [0, 0.05) is 0 Å². The van der Waals surface area contributed by atoms with Gasteiger partial charge in [0.1, 0.15) is 0 Å². The molecule has 0 saturated carbocycles. The molecule has 0 atom stereocenters. The molecule has 18 heavy (non-hydrogen) atoms. The third kappa shape index (κ3) is 13.5. The van der Waals surface area contributed by atoms with Crippen molar-refractivity contribution in [3.63, 3.8) is 0 Å². The molecular formula is C18H36. The van der Waals surface area contributed by atoms with Gasteiger partial charge in [-0.3, -0.25) is 0 Å². The largest absolute Gasteiger partial charge is 0.0854 e. The zero-order chi connectivity index (χ0) is 14.6. The lowest BCUT2D eigenvalue weighted by Gasteiger charge is -2.02. The van der Waals surface area contributed by atoms with E-state index in [2.05, 4.69) is 61.5 Å². The van der Waals surface area contributed by atoms with Crippen molar-refractivity contribution < 1.29 is 0 Å². The molecule has 0 aliphatic carbocycles. The Morgan fingerprint density at radius 2 is 1.50 bits per heavy atom. The standard InChI is InChI=1S/2C9H18/c2*1-5-6-7-9(4)8(2)3/h5-7H2,1-4H3;7-8H,5-6H2,1-4H3/b;9-7-. The van der Waals surface area contributed by atoms with E-state index >= 15 is 0 Å². The summed E-state index contributed by atoms with van der Waals surface area (Å²) in [6.07, 6.45) is 8.79. The average Bonchev–Trinajstić information content (AvgIpc) is 2.33. The van der Waals surface area contributed by atoms with Gasteiger partial charge in [0.05, 0.1) is 0 Å². The fourth-order valence-corrected chi connectivity index (χ4v) is 1.30. The van der Waals surface area contributed by atoms with Gasteiger partial charge < -0.3 is 0 Å². The van der Waals surface area contributed by atoms with E-state index in [0.29, 0.717) is 0 Å². The first-order valence-corrected chi connectivity index (χ1v) is 7.66. The summed E-state index contributed by atoms with van der Waals surface area (Å²) in [7, 11) is 0. The maximum Gasteiger partial charge on any atom is -0.0263 e. The first kappa shape index (κ1) is 19.8. The van der Waals surface area contributed by atoms with Gasteiger partial charge >= 0.3 is 0 Å². The average molecular weight is 252 g/mol. The van der Waals surface area contributed by atoms with Gasteiger partial charge in [0.25, 0.3) is 0 Å². The minimum absolute atomic E-state index is 0.733. The number of rotatable bonds is 6. The van der Waals surface area contributed by atoms with Gasteiger partial charge in [-0.15, -0.1) is 0 Å². The van der Waals surface area contributed by atoms with Crippen molar-refractivity contribution in [3.8, 4) is 0 Å². The van der Waals surface area contributed by atoms with E-state index in [4.69, 9.17) is 0 Å². The Kier molecular flexibility index (Phi) is 14.2. The van der Waals surface area contributed by atoms with Gasteiger partial charge in [-0.05, 0) is 52.9 Å². The van der Waals surface area contributed by atoms with Crippen molar-refractivity contribution in [2.24, 2.45) is 5.92 Å². The van der Waals surface area contributed by atoms with E-state index in [0.717, 1.165) is 5.92 Å². The highest BCUT2D eigenvalue weighted by molar-refractivity contribution is 5.06. The van der Waals surface area contributed by atoms with Crippen LogP contribution in [0.3, 0.4) is 0 Å². The first-order valence-electron chi connectivity index (χ1n) is 7.66. The second-order valence-corrected chi connectivity index (χ2v) is 5.78. The van der Waals surface area contributed by atoms with Crippen LogP contribution < -0.4 is 0 Å². The molecule has 0 spiro atoms. The molecule has 0 heteroatoms. The number of allylic oxidation sites excluding steroid dienone is 4. The van der Waals surface area contributed by atoms with Crippen LogP contribution in [0.15, 0.2) is 22.8 Å².